The van der Waals surface area contributed by atoms with E-state index in [0.29, 0.717) is 29.5 Å². The van der Waals surface area contributed by atoms with Crippen molar-refractivity contribution in [1.82, 2.24) is 4.98 Å². The van der Waals surface area contributed by atoms with Gasteiger partial charge in [0.2, 0.25) is 5.89 Å². The van der Waals surface area contributed by atoms with Gasteiger partial charge in [-0.3, -0.25) is 0 Å². The van der Waals surface area contributed by atoms with Crippen molar-refractivity contribution in [1.29, 1.82) is 0 Å². The summed E-state index contributed by atoms with van der Waals surface area (Å²) in [5.41, 5.74) is 11.9. The molecule has 1 aromatic heterocycles. The third-order valence-electron chi connectivity index (χ3n) is 4.63. The molecule has 0 saturated carbocycles. The number of methoxy groups -OCH3 is 1. The van der Waals surface area contributed by atoms with Crippen LogP contribution in [-0.4, -0.2) is 12.1 Å². The minimum Gasteiger partial charge on any atom is -0.495 e. The molecule has 0 aliphatic carbocycles. The van der Waals surface area contributed by atoms with E-state index in [9.17, 15) is 0 Å². The van der Waals surface area contributed by atoms with Crippen LogP contribution < -0.4 is 15.4 Å². The Hall–Kier alpha value is -3.51. The molecule has 0 bridgehead atoms. The Morgan fingerprint density at radius 3 is 2.63 bits per heavy atom. The Kier molecular flexibility index (Phi) is 3.51. The lowest BCUT2D eigenvalue weighted by Gasteiger charge is -2.04. The normalized spacial score (nSPS) is 12.8. The van der Waals surface area contributed by atoms with E-state index in [1.54, 1.807) is 19.2 Å². The highest BCUT2D eigenvalue weighted by atomic mass is 17.2. The summed E-state index contributed by atoms with van der Waals surface area (Å²) in [4.78, 5) is 14.8. The largest absolute Gasteiger partial charge is 0.495 e. The van der Waals surface area contributed by atoms with Crippen LogP contribution in [0.1, 0.15) is 5.56 Å². The average Bonchev–Trinajstić information content (AvgIpc) is 3.33. The lowest BCUT2D eigenvalue weighted by Crippen LogP contribution is -1.92. The van der Waals surface area contributed by atoms with Gasteiger partial charge in [0.25, 0.3) is 0 Å². The number of anilines is 1. The van der Waals surface area contributed by atoms with Crippen molar-refractivity contribution in [2.24, 2.45) is 0 Å². The molecule has 0 saturated heterocycles. The van der Waals surface area contributed by atoms with Crippen molar-refractivity contribution < 1.29 is 18.9 Å². The van der Waals surface area contributed by atoms with Crippen LogP contribution in [0.2, 0.25) is 0 Å². The first kappa shape index (κ1) is 15.7. The van der Waals surface area contributed by atoms with Gasteiger partial charge >= 0.3 is 0 Å². The van der Waals surface area contributed by atoms with Crippen LogP contribution in [0, 0.1) is 0 Å². The molecular weight excluding hydrogens is 344 g/mol. The number of rotatable bonds is 3. The first-order valence-electron chi connectivity index (χ1n) is 8.48. The number of oxazole rings is 1. The van der Waals surface area contributed by atoms with Gasteiger partial charge in [0.15, 0.2) is 11.3 Å². The second-order valence-electron chi connectivity index (χ2n) is 6.33. The molecule has 0 fully saturated rings. The molecule has 1 aliphatic heterocycles. The molecular formula is C21H16N2O4. The fourth-order valence-electron chi connectivity index (χ4n) is 3.19. The number of hydrogen-bond donors (Lipinski definition) is 1. The van der Waals surface area contributed by atoms with E-state index in [0.717, 1.165) is 33.5 Å². The number of nitrogen functional groups attached to an aromatic ring is 1. The quantitative estimate of drug-likeness (QED) is 0.426. The summed E-state index contributed by atoms with van der Waals surface area (Å²) in [6.45, 7) is 0.478. The molecule has 0 atom stereocenters. The van der Waals surface area contributed by atoms with Gasteiger partial charge in [-0.1, -0.05) is 18.2 Å². The zero-order valence-electron chi connectivity index (χ0n) is 14.6. The van der Waals surface area contributed by atoms with Crippen molar-refractivity contribution in [3.8, 4) is 34.1 Å². The predicted octanol–water partition coefficient (Wildman–Crippen LogP) is 4.58. The SMILES string of the molecule is COc1ccc(-c2nc3cc(-c4ccc5c(c4)OOC5)ccc3o2)cc1N. The lowest BCUT2D eigenvalue weighted by atomic mass is 10.0. The van der Waals surface area contributed by atoms with Crippen molar-refractivity contribution in [3.63, 3.8) is 0 Å². The maximum Gasteiger partial charge on any atom is 0.227 e. The molecule has 5 rings (SSSR count). The number of nitrogens with two attached hydrogens (primary N) is 1. The second kappa shape index (κ2) is 6.03. The summed E-state index contributed by atoms with van der Waals surface area (Å²) in [5.74, 6) is 1.89. The van der Waals surface area contributed by atoms with Gasteiger partial charge in [0.05, 0.1) is 12.8 Å². The number of fused-ring (bicyclic) bond motifs is 2. The van der Waals surface area contributed by atoms with E-state index >= 15 is 0 Å². The highest BCUT2D eigenvalue weighted by Crippen LogP contribution is 2.34. The molecule has 6 nitrogen and oxygen atoms in total. The Labute approximate surface area is 155 Å². The van der Waals surface area contributed by atoms with E-state index in [-0.39, 0.29) is 0 Å². The summed E-state index contributed by atoms with van der Waals surface area (Å²) in [6.07, 6.45) is 0. The van der Waals surface area contributed by atoms with E-state index in [1.165, 1.54) is 0 Å². The van der Waals surface area contributed by atoms with Crippen LogP contribution in [-0.2, 0) is 11.5 Å². The van der Waals surface area contributed by atoms with Crippen molar-refractivity contribution in [2.45, 2.75) is 6.61 Å². The highest BCUT2D eigenvalue weighted by molar-refractivity contribution is 5.83. The molecule has 2 heterocycles. The summed E-state index contributed by atoms with van der Waals surface area (Å²) in [5, 5.41) is 0. The van der Waals surface area contributed by atoms with Gasteiger partial charge in [0, 0.05) is 11.1 Å². The predicted molar refractivity (Wildman–Crippen MR) is 101 cm³/mol. The summed E-state index contributed by atoms with van der Waals surface area (Å²) in [6, 6.07) is 17.4. The van der Waals surface area contributed by atoms with Gasteiger partial charge in [-0.2, -0.15) is 4.89 Å². The Balaban J connectivity index is 1.54. The van der Waals surface area contributed by atoms with Crippen LogP contribution >= 0.6 is 0 Å². The molecule has 0 unspecified atom stereocenters. The van der Waals surface area contributed by atoms with E-state index in [4.69, 9.17) is 24.7 Å². The Morgan fingerprint density at radius 2 is 1.78 bits per heavy atom. The monoisotopic (exact) mass is 360 g/mol. The number of aromatic nitrogens is 1. The Bertz CT molecular complexity index is 1170. The molecule has 0 radical (unpaired) electrons. The molecule has 27 heavy (non-hydrogen) atoms. The standard InChI is InChI=1S/C21H16N2O4/c1-24-18-6-5-14(8-16(18)22)21-23-17-9-12(4-7-19(17)26-21)13-2-3-15-11-25-27-20(15)10-13/h2-10H,11,22H2,1H3. The lowest BCUT2D eigenvalue weighted by molar-refractivity contribution is -0.194. The molecule has 0 spiro atoms. The van der Waals surface area contributed by atoms with Crippen LogP contribution in [0.5, 0.6) is 11.5 Å². The second-order valence-corrected chi connectivity index (χ2v) is 6.33. The van der Waals surface area contributed by atoms with Gasteiger partial charge in [0.1, 0.15) is 17.9 Å². The maximum atomic E-state index is 5.99. The average molecular weight is 360 g/mol. The molecule has 3 aromatic carbocycles. The van der Waals surface area contributed by atoms with Crippen LogP contribution in [0.25, 0.3) is 33.7 Å². The fraction of sp³-hybridized carbons (Fsp3) is 0.0952. The molecule has 0 amide bonds. The maximum absolute atomic E-state index is 5.99. The third kappa shape index (κ3) is 2.67. The minimum atomic E-state index is 0.478. The highest BCUT2D eigenvalue weighted by Gasteiger charge is 2.16. The zero-order valence-corrected chi connectivity index (χ0v) is 14.6. The number of benzene rings is 3. The first-order chi connectivity index (χ1) is 13.2. The van der Waals surface area contributed by atoms with Gasteiger partial charge < -0.3 is 19.8 Å². The smallest absolute Gasteiger partial charge is 0.227 e. The summed E-state index contributed by atoms with van der Waals surface area (Å²) in [7, 11) is 1.59. The number of ether oxygens (including phenoxy) is 1. The van der Waals surface area contributed by atoms with Crippen LogP contribution in [0.3, 0.4) is 0 Å². The summed E-state index contributed by atoms with van der Waals surface area (Å²) >= 11 is 0. The van der Waals surface area contributed by atoms with E-state index in [1.807, 2.05) is 42.5 Å². The molecule has 6 heteroatoms. The third-order valence-corrected chi connectivity index (χ3v) is 4.63. The van der Waals surface area contributed by atoms with Crippen molar-refractivity contribution in [2.75, 3.05) is 12.8 Å². The van der Waals surface area contributed by atoms with Gasteiger partial charge in [-0.05, 0) is 47.5 Å². The minimum absolute atomic E-state index is 0.478. The number of nitrogens with zero attached hydrogens (tertiary/aromatic N) is 1. The number of hydrogen-bond acceptors (Lipinski definition) is 6. The van der Waals surface area contributed by atoms with E-state index in [2.05, 4.69) is 4.98 Å². The molecule has 2 N–H and O–H groups in total. The van der Waals surface area contributed by atoms with Crippen molar-refractivity contribution >= 4 is 16.8 Å². The molecule has 134 valence electrons. The van der Waals surface area contributed by atoms with E-state index < -0.39 is 0 Å². The molecule has 1 aliphatic rings. The van der Waals surface area contributed by atoms with Gasteiger partial charge in [-0.15, -0.1) is 0 Å². The van der Waals surface area contributed by atoms with Crippen molar-refractivity contribution in [3.05, 3.63) is 60.2 Å². The summed E-state index contributed by atoms with van der Waals surface area (Å²) < 4.78 is 11.1. The van der Waals surface area contributed by atoms with Crippen LogP contribution in [0.4, 0.5) is 5.69 Å². The topological polar surface area (TPSA) is 79.7 Å². The Morgan fingerprint density at radius 1 is 0.963 bits per heavy atom. The fourth-order valence-corrected chi connectivity index (χ4v) is 3.19. The molecule has 4 aromatic rings. The zero-order chi connectivity index (χ0) is 18.4. The van der Waals surface area contributed by atoms with Gasteiger partial charge in [-0.25, -0.2) is 4.98 Å². The van der Waals surface area contributed by atoms with Crippen LogP contribution in [0.15, 0.2) is 59.0 Å². The first-order valence-corrected chi connectivity index (χ1v) is 8.48.